The van der Waals surface area contributed by atoms with E-state index in [-0.39, 0.29) is 88.7 Å². The molecule has 0 aliphatic carbocycles. The Balaban J connectivity index is 1.47. The normalized spacial score (nSPS) is 11.7. The first-order valence-corrected chi connectivity index (χ1v) is 25.8. The molecular weight excluding hydrogens is 929 g/mol. The first kappa shape index (κ1) is 61.3. The Bertz CT molecular complexity index is 1770. The van der Waals surface area contributed by atoms with E-state index in [1.54, 1.807) is 24.3 Å². The summed E-state index contributed by atoms with van der Waals surface area (Å²) in [6.07, 6.45) is 20.6. The van der Waals surface area contributed by atoms with Crippen LogP contribution in [0, 0.1) is 0 Å². The Kier molecular flexibility index (Phi) is 34.1. The van der Waals surface area contributed by atoms with E-state index in [9.17, 15) is 32.7 Å². The zero-order chi connectivity index (χ0) is 51.1. The maximum Gasteiger partial charge on any atom is 0.329 e. The van der Waals surface area contributed by atoms with Gasteiger partial charge in [0.15, 0.2) is 0 Å². The summed E-state index contributed by atoms with van der Waals surface area (Å²) < 4.78 is 55.6. The first-order chi connectivity index (χ1) is 33.7. The van der Waals surface area contributed by atoms with Crippen molar-refractivity contribution < 1.29 is 66.3 Å². The number of benzene rings is 1. The summed E-state index contributed by atoms with van der Waals surface area (Å²) in [6.45, 7) is 8.10. The molecule has 0 saturated carbocycles. The molecule has 20 nitrogen and oxygen atoms in total. The molecule has 3 amide bonds. The van der Waals surface area contributed by atoms with Gasteiger partial charge in [0.25, 0.3) is 17.2 Å². The smallest absolute Gasteiger partial charge is 0.329 e. The van der Waals surface area contributed by atoms with Crippen molar-refractivity contribution in [3.05, 3.63) is 42.5 Å². The van der Waals surface area contributed by atoms with Crippen molar-refractivity contribution in [2.75, 3.05) is 83.4 Å². The molecular formula is C49H80N6O14S. The number of rotatable bonds is 43. The minimum atomic E-state index is -2.43. The molecule has 0 radical (unpaired) electrons. The second kappa shape index (κ2) is 38.9. The number of esters is 1. The summed E-state index contributed by atoms with van der Waals surface area (Å²) in [5.41, 5.74) is 0.249. The van der Waals surface area contributed by atoms with E-state index in [1.807, 2.05) is 20.8 Å². The quantitative estimate of drug-likeness (QED) is 0.0266. The molecule has 0 fully saturated rings. The lowest BCUT2D eigenvalue weighted by Gasteiger charge is -2.19. The number of aromatic nitrogens is 2. The molecule has 21 heteroatoms. The summed E-state index contributed by atoms with van der Waals surface area (Å²) in [5, 5.41) is 16.6. The minimum Gasteiger partial charge on any atom is -0.494 e. The molecule has 396 valence electrons. The molecule has 1 heterocycles. The Morgan fingerprint density at radius 2 is 1.07 bits per heavy atom. The minimum absolute atomic E-state index is 0.0828. The summed E-state index contributed by atoms with van der Waals surface area (Å²) in [7, 11) is 0. The van der Waals surface area contributed by atoms with Crippen LogP contribution in [0.25, 0.3) is 0 Å². The summed E-state index contributed by atoms with van der Waals surface area (Å²) in [4.78, 5) is 66.9. The summed E-state index contributed by atoms with van der Waals surface area (Å²) in [5.74, 6) is -1.48. The van der Waals surface area contributed by atoms with Gasteiger partial charge in [-0.2, -0.15) is 0 Å². The van der Waals surface area contributed by atoms with E-state index >= 15 is 0 Å². The van der Waals surface area contributed by atoms with Gasteiger partial charge in [-0.15, -0.1) is 0 Å². The highest BCUT2D eigenvalue weighted by atomic mass is 32.2. The van der Waals surface area contributed by atoms with Crippen molar-refractivity contribution in [3.63, 3.8) is 0 Å². The number of aliphatic carboxylic acids is 1. The zero-order valence-corrected chi connectivity index (χ0v) is 42.5. The lowest BCUT2D eigenvalue weighted by Crippen LogP contribution is -2.31. The number of carbonyl (C=O) groups excluding carboxylic acids is 4. The average Bonchev–Trinajstić information content (AvgIpc) is 3.31. The van der Waals surface area contributed by atoms with E-state index in [2.05, 4.69) is 25.9 Å². The number of hydrogen-bond donors (Lipinski definition) is 5. The van der Waals surface area contributed by atoms with Crippen LogP contribution in [0.1, 0.15) is 147 Å². The maximum absolute atomic E-state index is 12.6. The fourth-order valence-electron chi connectivity index (χ4n) is 6.75. The highest BCUT2D eigenvalue weighted by Gasteiger charge is 2.19. The van der Waals surface area contributed by atoms with Crippen LogP contribution in [0.5, 0.6) is 5.75 Å². The fourth-order valence-corrected chi connectivity index (χ4v) is 7.32. The van der Waals surface area contributed by atoms with Crippen LogP contribution in [-0.4, -0.2) is 138 Å². The van der Waals surface area contributed by atoms with Gasteiger partial charge < -0.3 is 49.5 Å². The molecule has 0 aliphatic heterocycles. The topological polar surface area (TPSA) is 263 Å². The average molecular weight is 1010 g/mol. The Hall–Kier alpha value is -4.80. The highest BCUT2D eigenvalue weighted by Crippen LogP contribution is 2.28. The van der Waals surface area contributed by atoms with Crippen LogP contribution in [0.4, 0.5) is 11.4 Å². The fraction of sp³-hybridized carbons (Fsp3) is 0.694. The second-order valence-corrected chi connectivity index (χ2v) is 18.4. The predicted octanol–water partition coefficient (Wildman–Crippen LogP) is 6.61. The number of carbonyl (C=O) groups is 5. The van der Waals surface area contributed by atoms with E-state index in [4.69, 9.17) is 33.5 Å². The summed E-state index contributed by atoms with van der Waals surface area (Å²) in [6, 6.07) is 6.85. The van der Waals surface area contributed by atoms with Crippen molar-refractivity contribution in [1.82, 2.24) is 25.9 Å². The number of hydrogen-bond acceptors (Lipinski definition) is 14. The number of unbranched alkanes of at least 4 members (excludes halogenated alkanes) is 14. The van der Waals surface area contributed by atoms with E-state index in [1.165, 1.54) is 70.2 Å². The molecule has 1 atom stereocenters. The number of nitrogens with one attached hydrogen (secondary N) is 3. The molecule has 0 saturated heterocycles. The monoisotopic (exact) mass is 1010 g/mol. The van der Waals surface area contributed by atoms with Gasteiger partial charge >= 0.3 is 11.9 Å². The van der Waals surface area contributed by atoms with Crippen LogP contribution in [-0.2, 0) is 54.1 Å². The van der Waals surface area contributed by atoms with Gasteiger partial charge in [0.05, 0.1) is 70.0 Å². The van der Waals surface area contributed by atoms with Crippen molar-refractivity contribution in [3.8, 4) is 5.75 Å². The summed E-state index contributed by atoms with van der Waals surface area (Å²) >= 11 is -2.43. The second-order valence-electron chi connectivity index (χ2n) is 17.6. The van der Waals surface area contributed by atoms with Crippen LogP contribution < -0.4 is 25.0 Å². The Morgan fingerprint density at radius 3 is 1.63 bits per heavy atom. The molecule has 2 aromatic rings. The number of ether oxygens (including phenoxy) is 6. The SMILES string of the molecule is CC(C)(C)OC(=O)CCCCCCCCCCCCCCCOc1ccc(N(c2cnc(C(=O)NCCCCCC(=O)NCCOCCOCC(=O)NCCOCCOCC(=O)O)nc2)S(=O)O)cc1. The van der Waals surface area contributed by atoms with Crippen LogP contribution in [0.15, 0.2) is 36.7 Å². The third kappa shape index (κ3) is 32.9. The predicted molar refractivity (Wildman–Crippen MR) is 265 cm³/mol. The van der Waals surface area contributed by atoms with Crippen molar-refractivity contribution in [1.29, 1.82) is 0 Å². The molecule has 0 bridgehead atoms. The van der Waals surface area contributed by atoms with Gasteiger partial charge in [0.1, 0.15) is 24.6 Å². The number of carboxylic acid groups (broad SMARTS) is 1. The molecule has 0 spiro atoms. The van der Waals surface area contributed by atoms with Gasteiger partial charge in [0.2, 0.25) is 17.6 Å². The third-order valence-corrected chi connectivity index (χ3v) is 11.0. The van der Waals surface area contributed by atoms with E-state index < -0.39 is 28.7 Å². The van der Waals surface area contributed by atoms with Crippen LogP contribution in [0.3, 0.4) is 0 Å². The van der Waals surface area contributed by atoms with Crippen molar-refractivity contribution in [2.24, 2.45) is 0 Å². The van der Waals surface area contributed by atoms with Gasteiger partial charge in [-0.3, -0.25) is 23.7 Å². The lowest BCUT2D eigenvalue weighted by atomic mass is 10.0. The van der Waals surface area contributed by atoms with Gasteiger partial charge in [-0.05, 0) is 70.7 Å². The molecule has 70 heavy (non-hydrogen) atoms. The van der Waals surface area contributed by atoms with Gasteiger partial charge in [-0.25, -0.2) is 23.3 Å². The van der Waals surface area contributed by atoms with Crippen molar-refractivity contribution in [2.45, 2.75) is 142 Å². The van der Waals surface area contributed by atoms with Crippen LogP contribution in [0.2, 0.25) is 0 Å². The van der Waals surface area contributed by atoms with Crippen molar-refractivity contribution >= 4 is 52.3 Å². The largest absolute Gasteiger partial charge is 0.494 e. The zero-order valence-electron chi connectivity index (χ0n) is 41.7. The molecule has 0 aliphatic rings. The van der Waals surface area contributed by atoms with E-state index in [0.717, 1.165) is 30.0 Å². The number of anilines is 2. The maximum atomic E-state index is 12.6. The first-order valence-electron chi connectivity index (χ1n) is 24.8. The Morgan fingerprint density at radius 1 is 0.571 bits per heavy atom. The molecule has 2 rings (SSSR count). The number of carboxylic acids is 1. The van der Waals surface area contributed by atoms with E-state index in [0.29, 0.717) is 63.2 Å². The molecule has 1 unspecified atom stereocenters. The molecule has 1 aromatic heterocycles. The van der Waals surface area contributed by atoms with Crippen LogP contribution >= 0.6 is 0 Å². The Labute approximate surface area is 416 Å². The standard InChI is InChI=1S/C49H80N6O14S/c1-49(2,3)69-46(60)21-17-13-11-9-7-5-4-6-8-10-12-14-19-29-68-42-24-22-40(23-25-42)55(70(62)63)41-36-53-47(54-37-41)48(61)52-26-18-15-16-20-43(56)50-27-30-64-32-34-66-38-44(57)51-28-31-65-33-35-67-39-45(58)59/h22-25,36-37H,4-21,26-35,38-39H2,1-3H3,(H,50,56)(H,51,57)(H,52,61)(H,58,59)(H,62,63). The molecule has 5 N–H and O–H groups in total. The number of nitrogens with zero attached hydrogens (tertiary/aromatic N) is 3. The molecule has 1 aromatic carbocycles. The van der Waals surface area contributed by atoms with Gasteiger partial charge in [0, 0.05) is 32.5 Å². The third-order valence-electron chi connectivity index (χ3n) is 10.2. The van der Waals surface area contributed by atoms with Gasteiger partial charge in [-0.1, -0.05) is 77.0 Å². The highest BCUT2D eigenvalue weighted by molar-refractivity contribution is 7.81. The number of amides is 3. The lowest BCUT2D eigenvalue weighted by molar-refractivity contribution is -0.155.